The fourth-order valence-electron chi connectivity index (χ4n) is 3.84. The number of carbonyl (C=O) groups excluding carboxylic acids is 2. The van der Waals surface area contributed by atoms with Gasteiger partial charge in [0.15, 0.2) is 0 Å². The maximum absolute atomic E-state index is 13.1. The Morgan fingerprint density at radius 3 is 2.48 bits per heavy atom. The maximum atomic E-state index is 13.1. The van der Waals surface area contributed by atoms with Gasteiger partial charge in [-0.15, -0.1) is 0 Å². The molecule has 2 amide bonds. The molecule has 1 fully saturated rings. The highest BCUT2D eigenvalue weighted by atomic mass is 35.5. The molecular formula is C24H37ClN4O2. The molecule has 31 heavy (non-hydrogen) atoms. The van der Waals surface area contributed by atoms with Gasteiger partial charge in [-0.2, -0.15) is 0 Å². The second-order valence-corrected chi connectivity index (χ2v) is 8.26. The Labute approximate surface area is 192 Å². The molecule has 2 aliphatic heterocycles. The Morgan fingerprint density at radius 2 is 1.87 bits per heavy atom. The first-order chi connectivity index (χ1) is 14.9. The van der Waals surface area contributed by atoms with Gasteiger partial charge in [-0.25, -0.2) is 5.43 Å². The molecule has 0 radical (unpaired) electrons. The van der Waals surface area contributed by atoms with E-state index < -0.39 is 0 Å². The van der Waals surface area contributed by atoms with E-state index in [9.17, 15) is 9.59 Å². The summed E-state index contributed by atoms with van der Waals surface area (Å²) < 4.78 is 0. The van der Waals surface area contributed by atoms with E-state index in [0.29, 0.717) is 23.8 Å². The lowest BCUT2D eigenvalue weighted by Gasteiger charge is -2.41. The quantitative estimate of drug-likeness (QED) is 0.599. The summed E-state index contributed by atoms with van der Waals surface area (Å²) in [6, 6.07) is 7.75. The SMILES string of the molecule is CC.CCCCCC1CN(CC(=O)N(C)CC)C(=O)C2=CC(c3ccc(Cl)cc3)NN21. The van der Waals surface area contributed by atoms with E-state index in [0.717, 1.165) is 31.2 Å². The lowest BCUT2D eigenvalue weighted by molar-refractivity contribution is -0.142. The molecule has 1 aromatic carbocycles. The van der Waals surface area contributed by atoms with E-state index in [-0.39, 0.29) is 30.4 Å². The van der Waals surface area contributed by atoms with Crippen LogP contribution < -0.4 is 5.43 Å². The molecule has 1 aromatic rings. The van der Waals surface area contributed by atoms with Crippen LogP contribution in [0.4, 0.5) is 0 Å². The number of benzene rings is 1. The molecule has 172 valence electrons. The molecule has 1 N–H and O–H groups in total. The van der Waals surface area contributed by atoms with Crippen molar-refractivity contribution in [2.45, 2.75) is 65.5 Å². The third-order valence-electron chi connectivity index (χ3n) is 5.76. The summed E-state index contributed by atoms with van der Waals surface area (Å²) in [5.74, 6) is -0.110. The van der Waals surface area contributed by atoms with E-state index in [1.165, 1.54) is 0 Å². The lowest BCUT2D eigenvalue weighted by atomic mass is 10.0. The van der Waals surface area contributed by atoms with Crippen LogP contribution in [0.5, 0.6) is 0 Å². The van der Waals surface area contributed by atoms with Crippen LogP contribution >= 0.6 is 11.6 Å². The Hall–Kier alpha value is -2.05. The van der Waals surface area contributed by atoms with Crippen molar-refractivity contribution in [3.05, 3.63) is 46.6 Å². The number of hydrogen-bond donors (Lipinski definition) is 1. The van der Waals surface area contributed by atoms with E-state index in [1.54, 1.807) is 16.8 Å². The van der Waals surface area contributed by atoms with E-state index in [1.807, 2.05) is 56.1 Å². The van der Waals surface area contributed by atoms with Crippen molar-refractivity contribution >= 4 is 23.4 Å². The van der Waals surface area contributed by atoms with Gasteiger partial charge in [-0.1, -0.05) is 63.8 Å². The molecule has 2 heterocycles. The van der Waals surface area contributed by atoms with Crippen LogP contribution in [0, 0.1) is 0 Å². The summed E-state index contributed by atoms with van der Waals surface area (Å²) in [5.41, 5.74) is 5.20. The van der Waals surface area contributed by atoms with Crippen molar-refractivity contribution in [1.29, 1.82) is 0 Å². The fraction of sp³-hybridized carbons (Fsp3) is 0.583. The third-order valence-corrected chi connectivity index (χ3v) is 6.01. The van der Waals surface area contributed by atoms with Crippen molar-refractivity contribution < 1.29 is 9.59 Å². The highest BCUT2D eigenvalue weighted by Gasteiger charge is 2.41. The molecule has 2 aliphatic rings. The first-order valence-electron chi connectivity index (χ1n) is 11.5. The minimum Gasteiger partial charge on any atom is -0.345 e. The zero-order chi connectivity index (χ0) is 23.0. The van der Waals surface area contributed by atoms with Gasteiger partial charge in [0.25, 0.3) is 5.91 Å². The van der Waals surface area contributed by atoms with E-state index >= 15 is 0 Å². The number of halogens is 1. The largest absolute Gasteiger partial charge is 0.345 e. The summed E-state index contributed by atoms with van der Waals surface area (Å²) in [6.07, 6.45) is 6.36. The predicted octanol–water partition coefficient (Wildman–Crippen LogP) is 4.38. The zero-order valence-electron chi connectivity index (χ0n) is 19.5. The number of unbranched alkanes of at least 4 members (excludes halogenated alkanes) is 2. The molecule has 0 saturated carbocycles. The van der Waals surface area contributed by atoms with Gasteiger partial charge in [0.05, 0.1) is 12.1 Å². The van der Waals surface area contributed by atoms with Crippen LogP contribution in [-0.2, 0) is 9.59 Å². The third kappa shape index (κ3) is 6.23. The molecule has 6 nitrogen and oxygen atoms in total. The lowest BCUT2D eigenvalue weighted by Crippen LogP contribution is -2.58. The van der Waals surface area contributed by atoms with Crippen molar-refractivity contribution in [3.8, 4) is 0 Å². The van der Waals surface area contributed by atoms with Gasteiger partial charge in [0.1, 0.15) is 12.2 Å². The summed E-state index contributed by atoms with van der Waals surface area (Å²) in [7, 11) is 1.77. The summed E-state index contributed by atoms with van der Waals surface area (Å²) >= 11 is 6.02. The fourth-order valence-corrected chi connectivity index (χ4v) is 3.97. The first-order valence-corrected chi connectivity index (χ1v) is 11.9. The van der Waals surface area contributed by atoms with Crippen LogP contribution in [0.15, 0.2) is 36.0 Å². The summed E-state index contributed by atoms with van der Waals surface area (Å²) in [4.78, 5) is 28.9. The highest BCUT2D eigenvalue weighted by Crippen LogP contribution is 2.32. The maximum Gasteiger partial charge on any atom is 0.271 e. The van der Waals surface area contributed by atoms with Crippen LogP contribution in [0.3, 0.4) is 0 Å². The van der Waals surface area contributed by atoms with Crippen molar-refractivity contribution in [2.24, 2.45) is 0 Å². The molecule has 0 bridgehead atoms. The number of piperazine rings is 1. The van der Waals surface area contributed by atoms with Gasteiger partial charge in [-0.3, -0.25) is 14.6 Å². The van der Waals surface area contributed by atoms with Crippen molar-refractivity contribution in [2.75, 3.05) is 26.7 Å². The Morgan fingerprint density at radius 1 is 1.19 bits per heavy atom. The van der Waals surface area contributed by atoms with E-state index in [2.05, 4.69) is 12.3 Å². The number of nitrogens with zero attached hydrogens (tertiary/aromatic N) is 3. The molecule has 0 aromatic heterocycles. The smallest absolute Gasteiger partial charge is 0.271 e. The molecule has 2 atom stereocenters. The average molecular weight is 449 g/mol. The number of hydrogen-bond acceptors (Lipinski definition) is 4. The number of likely N-dealkylation sites (N-methyl/N-ethyl adjacent to an activating group) is 1. The predicted molar refractivity (Wildman–Crippen MR) is 126 cm³/mol. The van der Waals surface area contributed by atoms with Gasteiger partial charge >= 0.3 is 0 Å². The molecule has 3 rings (SSSR count). The molecule has 1 saturated heterocycles. The topological polar surface area (TPSA) is 55.9 Å². The minimum atomic E-state index is -0.0847. The second kappa shape index (κ2) is 12.1. The Kier molecular flexibility index (Phi) is 9.85. The minimum absolute atomic E-state index is 0.0255. The molecule has 0 aliphatic carbocycles. The average Bonchev–Trinajstić information content (AvgIpc) is 3.24. The number of fused-ring (bicyclic) bond motifs is 1. The molecular weight excluding hydrogens is 412 g/mol. The van der Waals surface area contributed by atoms with Crippen molar-refractivity contribution in [1.82, 2.24) is 20.2 Å². The van der Waals surface area contributed by atoms with Crippen LogP contribution in [-0.4, -0.2) is 59.3 Å². The number of carbonyl (C=O) groups is 2. The van der Waals surface area contributed by atoms with Gasteiger partial charge in [0, 0.05) is 25.2 Å². The van der Waals surface area contributed by atoms with Crippen LogP contribution in [0.2, 0.25) is 5.02 Å². The number of nitrogens with one attached hydrogen (secondary N) is 1. The first kappa shape index (κ1) is 25.2. The number of rotatable bonds is 8. The van der Waals surface area contributed by atoms with Crippen LogP contribution in [0.25, 0.3) is 0 Å². The number of amides is 2. The monoisotopic (exact) mass is 448 g/mol. The Bertz CT molecular complexity index is 765. The summed E-state index contributed by atoms with van der Waals surface area (Å²) in [5, 5.41) is 2.72. The molecule has 7 heteroatoms. The zero-order valence-corrected chi connectivity index (χ0v) is 20.3. The van der Waals surface area contributed by atoms with E-state index in [4.69, 9.17) is 11.6 Å². The van der Waals surface area contributed by atoms with Gasteiger partial charge in [-0.05, 0) is 37.1 Å². The normalized spacial score (nSPS) is 20.1. The van der Waals surface area contributed by atoms with Crippen LogP contribution in [0.1, 0.15) is 65.0 Å². The van der Waals surface area contributed by atoms with Crippen molar-refractivity contribution in [3.63, 3.8) is 0 Å². The van der Waals surface area contributed by atoms with Gasteiger partial charge in [0.2, 0.25) is 5.91 Å². The number of hydrazine groups is 1. The highest BCUT2D eigenvalue weighted by molar-refractivity contribution is 6.30. The standard InChI is InChI=1S/C22H31ClN4O2.C2H6/c1-4-6-7-8-18-14-26(15-21(28)25(3)5-2)22(29)20-13-19(24-27(18)20)16-9-11-17(23)12-10-16;1-2/h9-13,18-19,24H,4-8,14-15H2,1-3H3;1-2H3. The Balaban J connectivity index is 0.00000166. The molecule has 2 unspecified atom stereocenters. The molecule has 0 spiro atoms. The summed E-state index contributed by atoms with van der Waals surface area (Å²) in [6.45, 7) is 9.45. The van der Waals surface area contributed by atoms with Gasteiger partial charge < -0.3 is 9.80 Å². The second-order valence-electron chi connectivity index (χ2n) is 7.82.